The normalized spacial score (nSPS) is 16.8. The van der Waals surface area contributed by atoms with Crippen LogP contribution in [0, 0.1) is 5.92 Å². The van der Waals surface area contributed by atoms with Crippen molar-refractivity contribution in [3.63, 3.8) is 0 Å². The van der Waals surface area contributed by atoms with Gasteiger partial charge in [0.2, 0.25) is 11.8 Å². The van der Waals surface area contributed by atoms with Crippen molar-refractivity contribution in [2.75, 3.05) is 16.8 Å². The molecule has 136 valence electrons. The summed E-state index contributed by atoms with van der Waals surface area (Å²) in [6.45, 7) is 2.56. The van der Waals surface area contributed by atoms with E-state index in [9.17, 15) is 9.59 Å². The van der Waals surface area contributed by atoms with E-state index in [0.717, 1.165) is 24.9 Å². The molecule has 0 saturated carbocycles. The zero-order valence-electron chi connectivity index (χ0n) is 14.9. The van der Waals surface area contributed by atoms with E-state index in [1.165, 1.54) is 5.56 Å². The number of hydrogen-bond acceptors (Lipinski definition) is 2. The molecule has 1 fully saturated rings. The van der Waals surface area contributed by atoms with E-state index in [2.05, 4.69) is 24.4 Å². The van der Waals surface area contributed by atoms with Crippen LogP contribution in [0.15, 0.2) is 48.5 Å². The monoisotopic (exact) mass is 370 g/mol. The number of carbonyl (C=O) groups excluding carboxylic acids is 2. The zero-order chi connectivity index (χ0) is 18.5. The Morgan fingerprint density at radius 1 is 1.19 bits per heavy atom. The smallest absolute Gasteiger partial charge is 0.229 e. The topological polar surface area (TPSA) is 49.4 Å². The molecule has 0 aromatic heterocycles. The van der Waals surface area contributed by atoms with Crippen LogP contribution in [-0.4, -0.2) is 18.4 Å². The third kappa shape index (κ3) is 4.25. The van der Waals surface area contributed by atoms with Gasteiger partial charge in [-0.25, -0.2) is 0 Å². The van der Waals surface area contributed by atoms with Crippen molar-refractivity contribution in [1.29, 1.82) is 0 Å². The van der Waals surface area contributed by atoms with Gasteiger partial charge in [0.05, 0.1) is 16.6 Å². The number of hydrogen-bond donors (Lipinski definition) is 1. The Bertz CT molecular complexity index is 789. The van der Waals surface area contributed by atoms with Crippen LogP contribution in [0.4, 0.5) is 11.4 Å². The molecule has 1 unspecified atom stereocenters. The van der Waals surface area contributed by atoms with Crippen LogP contribution in [-0.2, 0) is 16.0 Å². The van der Waals surface area contributed by atoms with Gasteiger partial charge in [0.1, 0.15) is 0 Å². The largest absolute Gasteiger partial charge is 0.324 e. The lowest BCUT2D eigenvalue weighted by Gasteiger charge is -2.17. The summed E-state index contributed by atoms with van der Waals surface area (Å²) in [6.07, 6.45) is 3.59. The van der Waals surface area contributed by atoms with Crippen molar-refractivity contribution in [2.45, 2.75) is 32.6 Å². The van der Waals surface area contributed by atoms with E-state index in [1.807, 2.05) is 24.3 Å². The minimum absolute atomic E-state index is 0.0226. The number of nitrogens with one attached hydrogen (secondary N) is 1. The Hall–Kier alpha value is -2.33. The summed E-state index contributed by atoms with van der Waals surface area (Å²) in [5.41, 5.74) is 2.70. The van der Waals surface area contributed by atoms with Crippen molar-refractivity contribution in [1.82, 2.24) is 0 Å². The molecule has 1 heterocycles. The fourth-order valence-electron chi connectivity index (χ4n) is 3.15. The van der Waals surface area contributed by atoms with Crippen LogP contribution in [0.3, 0.4) is 0 Å². The number of rotatable bonds is 6. The average molecular weight is 371 g/mol. The second kappa shape index (κ2) is 8.37. The average Bonchev–Trinajstić information content (AvgIpc) is 3.04. The first kappa shape index (κ1) is 18.5. The highest BCUT2D eigenvalue weighted by atomic mass is 35.5. The molecular weight excluding hydrogens is 348 g/mol. The predicted octanol–water partition coefficient (Wildman–Crippen LogP) is 4.67. The Kier molecular flexibility index (Phi) is 5.94. The fraction of sp³-hybridized carbons (Fsp3) is 0.333. The van der Waals surface area contributed by atoms with Crippen molar-refractivity contribution >= 4 is 34.8 Å². The molecular formula is C21H23ClN2O2. The molecule has 5 heteroatoms. The summed E-state index contributed by atoms with van der Waals surface area (Å²) in [6, 6.07) is 15.2. The van der Waals surface area contributed by atoms with E-state index in [1.54, 1.807) is 17.0 Å². The molecule has 1 N–H and O–H groups in total. The van der Waals surface area contributed by atoms with Gasteiger partial charge in [0, 0.05) is 18.7 Å². The maximum Gasteiger partial charge on any atom is 0.229 e. The van der Waals surface area contributed by atoms with E-state index >= 15 is 0 Å². The van der Waals surface area contributed by atoms with Crippen LogP contribution in [0.2, 0.25) is 5.02 Å². The Labute approximate surface area is 159 Å². The standard InChI is InChI=1S/C21H23ClN2O2/c1-2-3-6-15-9-11-17(12-10-15)24-14-16(13-20(24)25)21(26)23-19-8-5-4-7-18(19)22/h4-5,7-12,16H,2-3,6,13-14H2,1H3,(H,23,26). The zero-order valence-corrected chi connectivity index (χ0v) is 15.6. The number of carbonyl (C=O) groups is 2. The molecule has 1 saturated heterocycles. The van der Waals surface area contributed by atoms with Crippen LogP contribution in [0.25, 0.3) is 0 Å². The summed E-state index contributed by atoms with van der Waals surface area (Å²) in [5.74, 6) is -0.572. The third-order valence-corrected chi connectivity index (χ3v) is 5.02. The Morgan fingerprint density at radius 3 is 2.62 bits per heavy atom. The van der Waals surface area contributed by atoms with Crippen molar-refractivity contribution in [2.24, 2.45) is 5.92 Å². The van der Waals surface area contributed by atoms with Gasteiger partial charge in [-0.2, -0.15) is 0 Å². The SMILES string of the molecule is CCCCc1ccc(N2CC(C(=O)Nc3ccccc3Cl)CC2=O)cc1. The van der Waals surface area contributed by atoms with Gasteiger partial charge < -0.3 is 10.2 Å². The third-order valence-electron chi connectivity index (χ3n) is 4.69. The summed E-state index contributed by atoms with van der Waals surface area (Å²) in [5, 5.41) is 3.32. The van der Waals surface area contributed by atoms with E-state index in [4.69, 9.17) is 11.6 Å². The maximum atomic E-state index is 12.5. The molecule has 1 aliphatic rings. The molecule has 0 spiro atoms. The summed E-state index contributed by atoms with van der Waals surface area (Å²) in [7, 11) is 0. The Morgan fingerprint density at radius 2 is 1.92 bits per heavy atom. The lowest BCUT2D eigenvalue weighted by Crippen LogP contribution is -2.28. The van der Waals surface area contributed by atoms with Crippen LogP contribution >= 0.6 is 11.6 Å². The number of amides is 2. The van der Waals surface area contributed by atoms with Gasteiger partial charge in [-0.15, -0.1) is 0 Å². The van der Waals surface area contributed by atoms with Gasteiger partial charge in [0.15, 0.2) is 0 Å². The van der Waals surface area contributed by atoms with E-state index in [0.29, 0.717) is 17.3 Å². The molecule has 2 aromatic rings. The molecule has 3 rings (SSSR count). The van der Waals surface area contributed by atoms with Crippen molar-refractivity contribution in [3.05, 3.63) is 59.1 Å². The summed E-state index contributed by atoms with van der Waals surface area (Å²) < 4.78 is 0. The molecule has 0 aliphatic carbocycles. The first-order chi connectivity index (χ1) is 12.6. The number of unbranched alkanes of at least 4 members (excludes halogenated alkanes) is 1. The molecule has 4 nitrogen and oxygen atoms in total. The number of nitrogens with zero attached hydrogens (tertiary/aromatic N) is 1. The molecule has 0 bridgehead atoms. The van der Waals surface area contributed by atoms with Crippen molar-refractivity contribution < 1.29 is 9.59 Å². The van der Waals surface area contributed by atoms with Gasteiger partial charge in [-0.05, 0) is 42.7 Å². The van der Waals surface area contributed by atoms with Crippen LogP contribution < -0.4 is 10.2 Å². The molecule has 26 heavy (non-hydrogen) atoms. The highest BCUT2D eigenvalue weighted by molar-refractivity contribution is 6.33. The number of para-hydroxylation sites is 1. The fourth-order valence-corrected chi connectivity index (χ4v) is 3.34. The number of halogens is 1. The predicted molar refractivity (Wildman–Crippen MR) is 106 cm³/mol. The molecule has 2 amide bonds. The number of aryl methyl sites for hydroxylation is 1. The number of anilines is 2. The quantitative estimate of drug-likeness (QED) is 0.802. The second-order valence-electron chi connectivity index (χ2n) is 6.64. The van der Waals surface area contributed by atoms with Crippen LogP contribution in [0.1, 0.15) is 31.7 Å². The second-order valence-corrected chi connectivity index (χ2v) is 7.05. The molecule has 0 radical (unpaired) electrons. The summed E-state index contributed by atoms with van der Waals surface area (Å²) >= 11 is 6.09. The lowest BCUT2D eigenvalue weighted by molar-refractivity contribution is -0.122. The lowest BCUT2D eigenvalue weighted by atomic mass is 10.1. The Balaban J connectivity index is 1.64. The van der Waals surface area contributed by atoms with E-state index < -0.39 is 0 Å². The highest BCUT2D eigenvalue weighted by Crippen LogP contribution is 2.28. The van der Waals surface area contributed by atoms with Crippen LogP contribution in [0.5, 0.6) is 0 Å². The first-order valence-electron chi connectivity index (χ1n) is 9.03. The molecule has 1 aliphatic heterocycles. The maximum absolute atomic E-state index is 12.5. The van der Waals surface area contributed by atoms with Gasteiger partial charge >= 0.3 is 0 Å². The minimum Gasteiger partial charge on any atom is -0.324 e. The van der Waals surface area contributed by atoms with Crippen molar-refractivity contribution in [3.8, 4) is 0 Å². The van der Waals surface area contributed by atoms with Gasteiger partial charge in [-0.1, -0.05) is 49.2 Å². The van der Waals surface area contributed by atoms with Gasteiger partial charge in [-0.3, -0.25) is 9.59 Å². The molecule has 1 atom stereocenters. The first-order valence-corrected chi connectivity index (χ1v) is 9.41. The van der Waals surface area contributed by atoms with Gasteiger partial charge in [0.25, 0.3) is 0 Å². The van der Waals surface area contributed by atoms with E-state index in [-0.39, 0.29) is 24.2 Å². The summed E-state index contributed by atoms with van der Waals surface area (Å²) in [4.78, 5) is 26.6. The molecule has 2 aromatic carbocycles. The minimum atomic E-state index is -0.376. The number of benzene rings is 2. The highest BCUT2D eigenvalue weighted by Gasteiger charge is 2.35.